The lowest BCUT2D eigenvalue weighted by atomic mass is 10.2. The minimum atomic E-state index is 0.447. The standard InChI is InChI=1S/C11H14ClN5/c1-7-9(6-14-17(7)3)5-13-11-4-10(12)15-8(2)16-11/h4,6H,5H2,1-3H3,(H,13,15,16). The van der Waals surface area contributed by atoms with Crippen LogP contribution in [0.5, 0.6) is 0 Å². The molecule has 0 atom stereocenters. The lowest BCUT2D eigenvalue weighted by Crippen LogP contribution is -2.04. The highest BCUT2D eigenvalue weighted by Crippen LogP contribution is 2.13. The molecule has 0 unspecified atom stereocenters. The normalized spacial score (nSPS) is 10.6. The predicted molar refractivity (Wildman–Crippen MR) is 67.1 cm³/mol. The summed E-state index contributed by atoms with van der Waals surface area (Å²) in [5.74, 6) is 1.38. The number of halogens is 1. The molecule has 2 aromatic heterocycles. The van der Waals surface area contributed by atoms with Crippen LogP contribution >= 0.6 is 11.6 Å². The van der Waals surface area contributed by atoms with Crippen LogP contribution in [-0.2, 0) is 13.6 Å². The second kappa shape index (κ2) is 4.71. The van der Waals surface area contributed by atoms with Gasteiger partial charge >= 0.3 is 0 Å². The zero-order valence-electron chi connectivity index (χ0n) is 10.0. The number of anilines is 1. The quantitative estimate of drug-likeness (QED) is 0.849. The molecule has 0 saturated heterocycles. The van der Waals surface area contributed by atoms with E-state index in [4.69, 9.17) is 11.6 Å². The number of hydrogen-bond donors (Lipinski definition) is 1. The van der Waals surface area contributed by atoms with Crippen molar-refractivity contribution in [2.24, 2.45) is 7.05 Å². The minimum Gasteiger partial charge on any atom is -0.366 e. The Bertz CT molecular complexity index is 514. The molecular weight excluding hydrogens is 238 g/mol. The molecule has 0 spiro atoms. The zero-order chi connectivity index (χ0) is 12.4. The van der Waals surface area contributed by atoms with Crippen molar-refractivity contribution >= 4 is 17.4 Å². The molecule has 0 aromatic carbocycles. The molecule has 0 aliphatic carbocycles. The highest BCUT2D eigenvalue weighted by molar-refractivity contribution is 6.29. The van der Waals surface area contributed by atoms with E-state index in [2.05, 4.69) is 20.4 Å². The Kier molecular flexibility index (Phi) is 3.28. The van der Waals surface area contributed by atoms with Gasteiger partial charge in [-0.3, -0.25) is 4.68 Å². The third kappa shape index (κ3) is 2.74. The molecule has 6 heteroatoms. The molecule has 2 rings (SSSR count). The summed E-state index contributed by atoms with van der Waals surface area (Å²) >= 11 is 5.86. The number of nitrogens with zero attached hydrogens (tertiary/aromatic N) is 4. The fourth-order valence-corrected chi connectivity index (χ4v) is 1.75. The van der Waals surface area contributed by atoms with Crippen LogP contribution in [-0.4, -0.2) is 19.7 Å². The van der Waals surface area contributed by atoms with Gasteiger partial charge in [0, 0.05) is 30.9 Å². The van der Waals surface area contributed by atoms with Gasteiger partial charge < -0.3 is 5.32 Å². The van der Waals surface area contributed by atoms with E-state index in [1.807, 2.05) is 31.8 Å². The highest BCUT2D eigenvalue weighted by Gasteiger charge is 2.04. The summed E-state index contributed by atoms with van der Waals surface area (Å²) in [7, 11) is 1.92. The summed E-state index contributed by atoms with van der Waals surface area (Å²) < 4.78 is 1.84. The highest BCUT2D eigenvalue weighted by atomic mass is 35.5. The maximum Gasteiger partial charge on any atom is 0.134 e. The number of aromatic nitrogens is 4. The summed E-state index contributed by atoms with van der Waals surface area (Å²) in [6.45, 7) is 4.51. The number of nitrogens with one attached hydrogen (secondary N) is 1. The fourth-order valence-electron chi connectivity index (χ4n) is 1.53. The Labute approximate surface area is 105 Å². The molecule has 0 aliphatic heterocycles. The van der Waals surface area contributed by atoms with Gasteiger partial charge in [0.15, 0.2) is 0 Å². The first-order chi connectivity index (χ1) is 8.06. The summed E-state index contributed by atoms with van der Waals surface area (Å²) in [6, 6.07) is 1.71. The van der Waals surface area contributed by atoms with Crippen molar-refractivity contribution in [1.82, 2.24) is 19.7 Å². The molecule has 0 amide bonds. The molecule has 5 nitrogen and oxygen atoms in total. The second-order valence-corrected chi connectivity index (χ2v) is 4.24. The molecule has 2 aromatic rings. The average molecular weight is 252 g/mol. The summed E-state index contributed by atoms with van der Waals surface area (Å²) in [4.78, 5) is 8.26. The second-order valence-electron chi connectivity index (χ2n) is 3.86. The Morgan fingerprint density at radius 1 is 1.35 bits per heavy atom. The molecule has 0 aliphatic rings. The Hall–Kier alpha value is -1.62. The molecule has 90 valence electrons. The van der Waals surface area contributed by atoms with Crippen molar-refractivity contribution in [3.8, 4) is 0 Å². The molecule has 0 bridgehead atoms. The number of hydrogen-bond acceptors (Lipinski definition) is 4. The third-order valence-corrected chi connectivity index (χ3v) is 2.80. The van der Waals surface area contributed by atoms with E-state index >= 15 is 0 Å². The SMILES string of the molecule is Cc1nc(Cl)cc(NCc2cnn(C)c2C)n1. The molecule has 0 saturated carbocycles. The third-order valence-electron chi connectivity index (χ3n) is 2.60. The van der Waals surface area contributed by atoms with E-state index in [0.717, 1.165) is 17.1 Å². The van der Waals surface area contributed by atoms with E-state index in [0.29, 0.717) is 17.5 Å². The van der Waals surface area contributed by atoms with E-state index in [9.17, 15) is 0 Å². The maximum atomic E-state index is 5.86. The van der Waals surface area contributed by atoms with Crippen molar-refractivity contribution in [3.05, 3.63) is 34.5 Å². The molecular formula is C11H14ClN5. The summed E-state index contributed by atoms with van der Waals surface area (Å²) in [5, 5.41) is 7.84. The van der Waals surface area contributed by atoms with Crippen LogP contribution in [0.4, 0.5) is 5.82 Å². The van der Waals surface area contributed by atoms with Crippen molar-refractivity contribution in [3.63, 3.8) is 0 Å². The number of rotatable bonds is 3. The first-order valence-corrected chi connectivity index (χ1v) is 5.66. The van der Waals surface area contributed by atoms with Gasteiger partial charge in [-0.1, -0.05) is 11.6 Å². The Morgan fingerprint density at radius 3 is 2.71 bits per heavy atom. The van der Waals surface area contributed by atoms with Crippen LogP contribution in [0.1, 0.15) is 17.1 Å². The first-order valence-electron chi connectivity index (χ1n) is 5.29. The van der Waals surface area contributed by atoms with Gasteiger partial charge in [-0.2, -0.15) is 5.10 Å². The molecule has 17 heavy (non-hydrogen) atoms. The van der Waals surface area contributed by atoms with Crippen molar-refractivity contribution in [2.45, 2.75) is 20.4 Å². The minimum absolute atomic E-state index is 0.447. The lowest BCUT2D eigenvalue weighted by Gasteiger charge is -2.06. The smallest absolute Gasteiger partial charge is 0.134 e. The van der Waals surface area contributed by atoms with Gasteiger partial charge in [-0.05, 0) is 13.8 Å². The van der Waals surface area contributed by atoms with Gasteiger partial charge in [-0.15, -0.1) is 0 Å². The maximum absolute atomic E-state index is 5.86. The zero-order valence-corrected chi connectivity index (χ0v) is 10.8. The van der Waals surface area contributed by atoms with Gasteiger partial charge in [0.05, 0.1) is 6.20 Å². The first kappa shape index (κ1) is 11.9. The van der Waals surface area contributed by atoms with Crippen LogP contribution in [0.3, 0.4) is 0 Å². The topological polar surface area (TPSA) is 55.6 Å². The van der Waals surface area contributed by atoms with E-state index in [-0.39, 0.29) is 0 Å². The van der Waals surface area contributed by atoms with Crippen molar-refractivity contribution in [1.29, 1.82) is 0 Å². The number of aryl methyl sites for hydroxylation is 2. The molecule has 0 fully saturated rings. The van der Waals surface area contributed by atoms with E-state index in [1.54, 1.807) is 6.07 Å². The van der Waals surface area contributed by atoms with Crippen LogP contribution in [0.25, 0.3) is 0 Å². The van der Waals surface area contributed by atoms with Gasteiger partial charge in [0.2, 0.25) is 0 Å². The molecule has 1 N–H and O–H groups in total. The Balaban J connectivity index is 2.09. The van der Waals surface area contributed by atoms with Crippen molar-refractivity contribution < 1.29 is 0 Å². The van der Waals surface area contributed by atoms with Crippen LogP contribution in [0, 0.1) is 13.8 Å². The van der Waals surface area contributed by atoms with Crippen LogP contribution < -0.4 is 5.32 Å². The van der Waals surface area contributed by atoms with Crippen molar-refractivity contribution in [2.75, 3.05) is 5.32 Å². The largest absolute Gasteiger partial charge is 0.366 e. The van der Waals surface area contributed by atoms with Gasteiger partial charge in [0.1, 0.15) is 16.8 Å². The predicted octanol–water partition coefficient (Wildman–Crippen LogP) is 2.09. The lowest BCUT2D eigenvalue weighted by molar-refractivity contribution is 0.738. The summed E-state index contributed by atoms with van der Waals surface area (Å²) in [6.07, 6.45) is 1.85. The van der Waals surface area contributed by atoms with Crippen LogP contribution in [0.2, 0.25) is 5.15 Å². The van der Waals surface area contributed by atoms with Crippen LogP contribution in [0.15, 0.2) is 12.3 Å². The Morgan fingerprint density at radius 2 is 2.12 bits per heavy atom. The fraction of sp³-hybridized carbons (Fsp3) is 0.364. The summed E-state index contributed by atoms with van der Waals surface area (Å²) in [5.41, 5.74) is 2.27. The van der Waals surface area contributed by atoms with E-state index in [1.165, 1.54) is 0 Å². The van der Waals surface area contributed by atoms with Gasteiger partial charge in [0.25, 0.3) is 0 Å². The molecule has 2 heterocycles. The monoisotopic (exact) mass is 251 g/mol. The van der Waals surface area contributed by atoms with Gasteiger partial charge in [-0.25, -0.2) is 9.97 Å². The van der Waals surface area contributed by atoms with E-state index < -0.39 is 0 Å². The molecule has 0 radical (unpaired) electrons. The average Bonchev–Trinajstić information content (AvgIpc) is 2.56.